The third-order valence-corrected chi connectivity index (χ3v) is 3.95. The summed E-state index contributed by atoms with van der Waals surface area (Å²) < 4.78 is 11.3. The van der Waals surface area contributed by atoms with Gasteiger partial charge >= 0.3 is 0 Å². The molecule has 6 nitrogen and oxygen atoms in total. The van der Waals surface area contributed by atoms with Gasteiger partial charge in [0.15, 0.2) is 0 Å². The molecule has 1 atom stereocenters. The van der Waals surface area contributed by atoms with Crippen LogP contribution in [-0.4, -0.2) is 52.9 Å². The maximum atomic E-state index is 8.85. The fourth-order valence-corrected chi connectivity index (χ4v) is 2.75. The van der Waals surface area contributed by atoms with Crippen LogP contribution in [0.2, 0.25) is 0 Å². The molecule has 3 rings (SSSR count). The zero-order valence-corrected chi connectivity index (χ0v) is 13.9. The monoisotopic (exact) mass is 329 g/mol. The van der Waals surface area contributed by atoms with Gasteiger partial charge < -0.3 is 14.6 Å². The average molecular weight is 329 g/mol. The molecule has 0 amide bonds. The molecule has 0 bridgehead atoms. The van der Waals surface area contributed by atoms with Gasteiger partial charge in [-0.25, -0.2) is 0 Å². The molecular formula is C18H23N3O3. The normalized spacial score (nSPS) is 18.5. The molecule has 1 fully saturated rings. The number of aromatic nitrogens is 2. The highest BCUT2D eigenvalue weighted by Gasteiger charge is 2.23. The van der Waals surface area contributed by atoms with Crippen molar-refractivity contribution in [3.05, 3.63) is 53.6 Å². The highest BCUT2D eigenvalue weighted by Crippen LogP contribution is 2.22. The first-order valence-corrected chi connectivity index (χ1v) is 8.19. The Hall–Kier alpha value is -2.02. The van der Waals surface area contributed by atoms with Crippen LogP contribution in [0.4, 0.5) is 0 Å². The third kappa shape index (κ3) is 4.50. The van der Waals surface area contributed by atoms with E-state index >= 15 is 0 Å². The van der Waals surface area contributed by atoms with E-state index in [1.165, 1.54) is 5.56 Å². The first-order chi connectivity index (χ1) is 11.7. The molecule has 128 valence electrons. The van der Waals surface area contributed by atoms with E-state index in [4.69, 9.17) is 14.6 Å². The number of aliphatic hydroxyl groups excluding tert-OH is 1. The number of hydrogen-bond acceptors (Lipinski definition) is 6. The predicted octanol–water partition coefficient (Wildman–Crippen LogP) is 1.73. The molecule has 0 aliphatic carbocycles. The number of hydrogen-bond donors (Lipinski definition) is 1. The van der Waals surface area contributed by atoms with Crippen molar-refractivity contribution in [2.75, 3.05) is 32.9 Å². The topological polar surface area (TPSA) is 67.7 Å². The van der Waals surface area contributed by atoms with Crippen molar-refractivity contribution in [3.63, 3.8) is 0 Å². The molecule has 0 radical (unpaired) electrons. The molecule has 1 N–H and O–H groups in total. The van der Waals surface area contributed by atoms with Crippen molar-refractivity contribution in [1.29, 1.82) is 0 Å². The van der Waals surface area contributed by atoms with Crippen LogP contribution in [0.15, 0.2) is 36.7 Å². The smallest absolute Gasteiger partial charge is 0.119 e. The molecular weight excluding hydrogens is 306 g/mol. The Bertz CT molecular complexity index is 648. The summed E-state index contributed by atoms with van der Waals surface area (Å²) in [7, 11) is 0. The number of aryl methyl sites for hydroxylation is 1. The molecule has 1 aromatic carbocycles. The molecule has 1 aromatic heterocycles. The quantitative estimate of drug-likeness (QED) is 0.870. The van der Waals surface area contributed by atoms with Gasteiger partial charge in [-0.15, -0.1) is 0 Å². The fraction of sp³-hybridized carbons (Fsp3) is 0.444. The summed E-state index contributed by atoms with van der Waals surface area (Å²) in [4.78, 5) is 11.1. The maximum Gasteiger partial charge on any atom is 0.119 e. The van der Waals surface area contributed by atoms with Crippen molar-refractivity contribution in [2.45, 2.75) is 19.6 Å². The number of nitrogens with zero attached hydrogens (tertiary/aromatic N) is 3. The lowest BCUT2D eigenvalue weighted by molar-refractivity contribution is -0.0351. The summed E-state index contributed by atoms with van der Waals surface area (Å²) in [5.74, 6) is 0.788. The summed E-state index contributed by atoms with van der Waals surface area (Å²) >= 11 is 0. The summed E-state index contributed by atoms with van der Waals surface area (Å²) in [5.41, 5.74) is 2.97. The number of rotatable bonds is 6. The third-order valence-electron chi connectivity index (χ3n) is 3.95. The Morgan fingerprint density at radius 2 is 2.25 bits per heavy atom. The van der Waals surface area contributed by atoms with Crippen LogP contribution in [-0.2, 0) is 11.3 Å². The number of morpholine rings is 1. The Morgan fingerprint density at radius 1 is 1.33 bits per heavy atom. The fourth-order valence-electron chi connectivity index (χ4n) is 2.75. The molecule has 1 saturated heterocycles. The van der Waals surface area contributed by atoms with Gasteiger partial charge in [0.1, 0.15) is 18.5 Å². The Balaban J connectivity index is 1.62. The Morgan fingerprint density at radius 3 is 3.04 bits per heavy atom. The van der Waals surface area contributed by atoms with Crippen molar-refractivity contribution in [2.24, 2.45) is 0 Å². The first kappa shape index (κ1) is 16.8. The average Bonchev–Trinajstić information content (AvgIpc) is 2.61. The van der Waals surface area contributed by atoms with Crippen LogP contribution in [0.25, 0.3) is 0 Å². The van der Waals surface area contributed by atoms with Gasteiger partial charge in [-0.2, -0.15) is 0 Å². The van der Waals surface area contributed by atoms with Crippen LogP contribution < -0.4 is 4.74 Å². The number of aliphatic hydroxyl groups is 1. The largest absolute Gasteiger partial charge is 0.491 e. The summed E-state index contributed by atoms with van der Waals surface area (Å²) in [6.45, 7) is 5.45. The van der Waals surface area contributed by atoms with E-state index in [0.717, 1.165) is 36.8 Å². The molecule has 0 unspecified atom stereocenters. The van der Waals surface area contributed by atoms with Gasteiger partial charge in [0, 0.05) is 25.8 Å². The lowest BCUT2D eigenvalue weighted by atomic mass is 10.1. The Kier molecular flexibility index (Phi) is 5.74. The van der Waals surface area contributed by atoms with Crippen LogP contribution >= 0.6 is 0 Å². The highest BCUT2D eigenvalue weighted by molar-refractivity contribution is 5.28. The molecule has 24 heavy (non-hydrogen) atoms. The van der Waals surface area contributed by atoms with Crippen LogP contribution in [0.3, 0.4) is 0 Å². The van der Waals surface area contributed by atoms with E-state index in [1.54, 1.807) is 12.4 Å². The number of benzene rings is 1. The summed E-state index contributed by atoms with van der Waals surface area (Å²) in [6.07, 6.45) is 3.53. The van der Waals surface area contributed by atoms with Gasteiger partial charge in [-0.3, -0.25) is 14.9 Å². The molecule has 0 saturated carbocycles. The lowest BCUT2D eigenvalue weighted by Gasteiger charge is -2.32. The second kappa shape index (κ2) is 8.19. The van der Waals surface area contributed by atoms with Crippen molar-refractivity contribution in [3.8, 4) is 5.75 Å². The first-order valence-electron chi connectivity index (χ1n) is 8.19. The summed E-state index contributed by atoms with van der Waals surface area (Å²) in [6, 6.07) is 7.99. The van der Waals surface area contributed by atoms with Gasteiger partial charge in [0.2, 0.25) is 0 Å². The molecule has 2 aromatic rings. The maximum absolute atomic E-state index is 8.85. The van der Waals surface area contributed by atoms with Gasteiger partial charge in [0.25, 0.3) is 0 Å². The zero-order chi connectivity index (χ0) is 16.8. The molecule has 1 aliphatic rings. The SMILES string of the molecule is Cc1cnc([C@@H]2CN(Cc3cccc(OCCO)c3)CCO2)cn1. The van der Waals surface area contributed by atoms with Crippen LogP contribution in [0.1, 0.15) is 23.1 Å². The number of ether oxygens (including phenoxy) is 2. The van der Waals surface area contributed by atoms with E-state index in [2.05, 4.69) is 20.9 Å². The van der Waals surface area contributed by atoms with E-state index in [1.807, 2.05) is 25.1 Å². The minimum absolute atomic E-state index is 0.0208. The van der Waals surface area contributed by atoms with E-state index in [0.29, 0.717) is 13.2 Å². The summed E-state index contributed by atoms with van der Waals surface area (Å²) in [5, 5.41) is 8.85. The Labute approximate surface area is 142 Å². The van der Waals surface area contributed by atoms with E-state index < -0.39 is 0 Å². The van der Waals surface area contributed by atoms with Crippen molar-refractivity contribution in [1.82, 2.24) is 14.9 Å². The van der Waals surface area contributed by atoms with E-state index in [-0.39, 0.29) is 12.7 Å². The molecule has 1 aliphatic heterocycles. The van der Waals surface area contributed by atoms with Crippen molar-refractivity contribution < 1.29 is 14.6 Å². The highest BCUT2D eigenvalue weighted by atomic mass is 16.5. The minimum Gasteiger partial charge on any atom is -0.491 e. The van der Waals surface area contributed by atoms with E-state index in [9.17, 15) is 0 Å². The van der Waals surface area contributed by atoms with Crippen molar-refractivity contribution >= 4 is 0 Å². The second-order valence-electron chi connectivity index (χ2n) is 5.90. The van der Waals surface area contributed by atoms with Crippen LogP contribution in [0, 0.1) is 6.92 Å². The molecule has 0 spiro atoms. The van der Waals surface area contributed by atoms with Gasteiger partial charge in [-0.05, 0) is 24.6 Å². The standard InChI is InChI=1S/C18H23N3O3/c1-14-10-20-17(11-19-14)18-13-21(5-7-24-18)12-15-3-2-4-16(9-15)23-8-6-22/h2-4,9-11,18,22H,5-8,12-13H2,1H3/t18-/m0/s1. The minimum atomic E-state index is -0.0410. The predicted molar refractivity (Wildman–Crippen MR) is 89.8 cm³/mol. The zero-order valence-electron chi connectivity index (χ0n) is 13.9. The molecule has 6 heteroatoms. The van der Waals surface area contributed by atoms with Gasteiger partial charge in [0.05, 0.1) is 30.8 Å². The van der Waals surface area contributed by atoms with Gasteiger partial charge in [-0.1, -0.05) is 12.1 Å². The molecule has 2 heterocycles. The second-order valence-corrected chi connectivity index (χ2v) is 5.90. The lowest BCUT2D eigenvalue weighted by Crippen LogP contribution is -2.38. The van der Waals surface area contributed by atoms with Crippen LogP contribution in [0.5, 0.6) is 5.75 Å².